The van der Waals surface area contributed by atoms with E-state index in [1.54, 1.807) is 19.0 Å². The Morgan fingerprint density at radius 3 is 2.41 bits per heavy atom. The monoisotopic (exact) mass is 302 g/mol. The minimum atomic E-state index is -0.129. The number of carbonyl (C=O) groups excluding carboxylic acids is 1. The lowest BCUT2D eigenvalue weighted by atomic mass is 10.1. The molecule has 0 aliphatic rings. The van der Waals surface area contributed by atoms with Crippen LogP contribution in [0, 0.1) is 6.92 Å². The molecule has 1 amide bonds. The summed E-state index contributed by atoms with van der Waals surface area (Å²) in [5.41, 5.74) is 2.07. The third-order valence-corrected chi connectivity index (χ3v) is 3.64. The highest BCUT2D eigenvalue weighted by molar-refractivity contribution is 5.77. The molecule has 1 atom stereocenters. The normalized spacial score (nSPS) is 12.5. The molecule has 0 aliphatic heterocycles. The Morgan fingerprint density at radius 1 is 1.18 bits per heavy atom. The van der Waals surface area contributed by atoms with E-state index in [9.17, 15) is 4.79 Å². The van der Waals surface area contributed by atoms with Gasteiger partial charge in [-0.05, 0) is 33.0 Å². The van der Waals surface area contributed by atoms with E-state index in [-0.39, 0.29) is 11.9 Å². The van der Waals surface area contributed by atoms with Crippen molar-refractivity contribution >= 4 is 5.91 Å². The van der Waals surface area contributed by atoms with Crippen LogP contribution in [0.1, 0.15) is 24.4 Å². The molecule has 0 aliphatic carbocycles. The first-order valence-corrected chi connectivity index (χ1v) is 7.19. The van der Waals surface area contributed by atoms with Crippen molar-refractivity contribution in [3.05, 3.63) is 35.7 Å². The second-order valence-electron chi connectivity index (χ2n) is 5.69. The lowest BCUT2D eigenvalue weighted by Crippen LogP contribution is -2.35. The van der Waals surface area contributed by atoms with Crippen LogP contribution in [0.15, 0.2) is 28.7 Å². The smallest absolute Gasteiger partial charge is 0.247 e. The molecule has 0 saturated heterocycles. The van der Waals surface area contributed by atoms with Crippen LogP contribution in [0.2, 0.25) is 0 Å². The largest absolute Gasteiger partial charge is 0.419 e. The number of hydrogen-bond acceptors (Lipinski definition) is 5. The molecule has 1 heterocycles. The van der Waals surface area contributed by atoms with Gasteiger partial charge in [-0.1, -0.05) is 17.7 Å². The molecule has 0 N–H and O–H groups in total. The third kappa shape index (κ3) is 3.71. The van der Waals surface area contributed by atoms with E-state index < -0.39 is 0 Å². The molecule has 2 rings (SSSR count). The number of benzene rings is 1. The highest BCUT2D eigenvalue weighted by Crippen LogP contribution is 2.23. The van der Waals surface area contributed by atoms with Crippen LogP contribution < -0.4 is 0 Å². The first-order valence-electron chi connectivity index (χ1n) is 7.19. The number of likely N-dealkylation sites (N-methyl/N-ethyl adjacent to an activating group) is 2. The fourth-order valence-corrected chi connectivity index (χ4v) is 1.90. The van der Waals surface area contributed by atoms with Crippen LogP contribution in [-0.2, 0) is 4.79 Å². The summed E-state index contributed by atoms with van der Waals surface area (Å²) in [6.45, 7) is 4.27. The van der Waals surface area contributed by atoms with Crippen LogP contribution in [0.5, 0.6) is 0 Å². The minimum absolute atomic E-state index is 0.0348. The second-order valence-corrected chi connectivity index (χ2v) is 5.69. The summed E-state index contributed by atoms with van der Waals surface area (Å²) >= 11 is 0. The zero-order valence-electron chi connectivity index (χ0n) is 13.7. The summed E-state index contributed by atoms with van der Waals surface area (Å²) in [4.78, 5) is 15.2. The summed E-state index contributed by atoms with van der Waals surface area (Å²) in [6.07, 6.45) is 0. The number of amides is 1. The first-order chi connectivity index (χ1) is 10.4. The van der Waals surface area contributed by atoms with Gasteiger partial charge in [-0.2, -0.15) is 0 Å². The molecule has 6 heteroatoms. The fraction of sp³-hybridized carbons (Fsp3) is 0.438. The highest BCUT2D eigenvalue weighted by atomic mass is 16.4. The summed E-state index contributed by atoms with van der Waals surface area (Å²) in [7, 11) is 5.34. The molecule has 118 valence electrons. The molecule has 1 aromatic heterocycles. The van der Waals surface area contributed by atoms with Gasteiger partial charge in [-0.15, -0.1) is 10.2 Å². The van der Waals surface area contributed by atoms with Crippen molar-refractivity contribution in [2.45, 2.75) is 19.9 Å². The van der Waals surface area contributed by atoms with E-state index in [0.717, 1.165) is 5.56 Å². The minimum Gasteiger partial charge on any atom is -0.419 e. The van der Waals surface area contributed by atoms with E-state index in [4.69, 9.17) is 4.42 Å². The molecule has 0 fully saturated rings. The Kier molecular flexibility index (Phi) is 4.92. The van der Waals surface area contributed by atoms with E-state index in [2.05, 4.69) is 10.2 Å². The van der Waals surface area contributed by atoms with Gasteiger partial charge >= 0.3 is 0 Å². The lowest BCUT2D eigenvalue weighted by Gasteiger charge is -2.22. The molecule has 1 unspecified atom stereocenters. The van der Waals surface area contributed by atoms with Crippen molar-refractivity contribution in [2.24, 2.45) is 0 Å². The maximum Gasteiger partial charge on any atom is 0.247 e. The summed E-state index contributed by atoms with van der Waals surface area (Å²) in [5.74, 6) is 1.03. The van der Waals surface area contributed by atoms with Crippen molar-refractivity contribution in [1.29, 1.82) is 0 Å². The third-order valence-electron chi connectivity index (χ3n) is 3.64. The van der Waals surface area contributed by atoms with Crippen molar-refractivity contribution < 1.29 is 9.21 Å². The Morgan fingerprint density at radius 2 is 1.82 bits per heavy atom. The van der Waals surface area contributed by atoms with E-state index in [1.165, 1.54) is 5.56 Å². The van der Waals surface area contributed by atoms with E-state index >= 15 is 0 Å². The van der Waals surface area contributed by atoms with Gasteiger partial charge in [0.15, 0.2) is 0 Å². The quantitative estimate of drug-likeness (QED) is 0.846. The van der Waals surface area contributed by atoms with Crippen molar-refractivity contribution in [1.82, 2.24) is 20.0 Å². The van der Waals surface area contributed by atoms with Crippen LogP contribution >= 0.6 is 0 Å². The maximum atomic E-state index is 11.8. The topological polar surface area (TPSA) is 62.5 Å². The number of carbonyl (C=O) groups is 1. The van der Waals surface area contributed by atoms with Gasteiger partial charge in [0, 0.05) is 19.7 Å². The molecule has 1 aromatic carbocycles. The molecule has 6 nitrogen and oxygen atoms in total. The van der Waals surface area contributed by atoms with Crippen LogP contribution in [0.4, 0.5) is 0 Å². The molecule has 0 bridgehead atoms. The lowest BCUT2D eigenvalue weighted by molar-refractivity contribution is -0.130. The predicted molar refractivity (Wildman–Crippen MR) is 84.2 cm³/mol. The van der Waals surface area contributed by atoms with Crippen molar-refractivity contribution in [3.63, 3.8) is 0 Å². The summed E-state index contributed by atoms with van der Waals surface area (Å²) in [6, 6.07) is 7.79. The summed E-state index contributed by atoms with van der Waals surface area (Å²) in [5, 5.41) is 8.20. The maximum absolute atomic E-state index is 11.8. The number of aryl methyl sites for hydroxylation is 1. The molecule has 0 saturated carbocycles. The van der Waals surface area contributed by atoms with E-state index in [1.807, 2.05) is 50.1 Å². The zero-order chi connectivity index (χ0) is 16.3. The van der Waals surface area contributed by atoms with Gasteiger partial charge in [-0.25, -0.2) is 0 Å². The van der Waals surface area contributed by atoms with Gasteiger partial charge in [0.1, 0.15) is 0 Å². The fourth-order valence-electron chi connectivity index (χ4n) is 1.90. The van der Waals surface area contributed by atoms with Crippen LogP contribution in [0.3, 0.4) is 0 Å². The molecular formula is C16H22N4O2. The number of hydrogen-bond donors (Lipinski definition) is 0. The average Bonchev–Trinajstić information content (AvgIpc) is 2.96. The zero-order valence-corrected chi connectivity index (χ0v) is 13.7. The Labute approximate surface area is 130 Å². The Hall–Kier alpha value is -2.21. The SMILES string of the molecule is Cc1ccc(-c2nnc(C(C)N(C)CC(=O)N(C)C)o2)cc1. The van der Waals surface area contributed by atoms with E-state index in [0.29, 0.717) is 18.3 Å². The Bertz CT molecular complexity index is 634. The van der Waals surface area contributed by atoms with Crippen LogP contribution in [-0.4, -0.2) is 53.6 Å². The van der Waals surface area contributed by atoms with Crippen molar-refractivity contribution in [3.8, 4) is 11.5 Å². The highest BCUT2D eigenvalue weighted by Gasteiger charge is 2.21. The molecule has 0 radical (unpaired) electrons. The molecule has 0 spiro atoms. The number of aromatic nitrogens is 2. The predicted octanol–water partition coefficient (Wildman–Crippen LogP) is 2.13. The summed E-state index contributed by atoms with van der Waals surface area (Å²) < 4.78 is 5.75. The molecule has 2 aromatic rings. The van der Waals surface area contributed by atoms with Gasteiger partial charge < -0.3 is 9.32 Å². The number of nitrogens with zero attached hydrogens (tertiary/aromatic N) is 4. The van der Waals surface area contributed by atoms with Gasteiger partial charge in [0.05, 0.1) is 12.6 Å². The first kappa shape index (κ1) is 16.2. The van der Waals surface area contributed by atoms with Crippen LogP contribution in [0.25, 0.3) is 11.5 Å². The Balaban J connectivity index is 2.10. The molecular weight excluding hydrogens is 280 g/mol. The standard InChI is InChI=1S/C16H22N4O2/c1-11-6-8-13(9-7-11)16-18-17-15(22-16)12(2)20(5)10-14(21)19(3)4/h6-9,12H,10H2,1-5H3. The average molecular weight is 302 g/mol. The van der Waals surface area contributed by atoms with Gasteiger partial charge in [0.25, 0.3) is 0 Å². The van der Waals surface area contributed by atoms with Gasteiger partial charge in [0.2, 0.25) is 17.7 Å². The second kappa shape index (κ2) is 6.70. The molecule has 22 heavy (non-hydrogen) atoms. The number of rotatable bonds is 5. The van der Waals surface area contributed by atoms with Gasteiger partial charge in [-0.3, -0.25) is 9.69 Å². The van der Waals surface area contributed by atoms with Crippen molar-refractivity contribution in [2.75, 3.05) is 27.7 Å².